The van der Waals surface area contributed by atoms with Crippen molar-refractivity contribution in [1.29, 1.82) is 0 Å². The number of aromatic hydroxyl groups is 1. The Kier molecular flexibility index (Phi) is 12.8. The Balaban J connectivity index is 2.09. The zero-order valence-corrected chi connectivity index (χ0v) is 27.3. The van der Waals surface area contributed by atoms with E-state index in [0.29, 0.717) is 29.0 Å². The summed E-state index contributed by atoms with van der Waals surface area (Å²) >= 11 is 0. The monoisotopic (exact) mass is 617 g/mol. The van der Waals surface area contributed by atoms with Crippen LogP contribution in [0.25, 0.3) is 0 Å². The quantitative estimate of drug-likeness (QED) is 0.169. The molecule has 0 bridgehead atoms. The Morgan fingerprint density at radius 2 is 1.60 bits per heavy atom. The van der Waals surface area contributed by atoms with E-state index in [1.54, 1.807) is 77.3 Å². The van der Waals surface area contributed by atoms with Crippen molar-refractivity contribution in [2.45, 2.75) is 84.4 Å². The molecular weight excluding hydrogens is 570 g/mol. The highest BCUT2D eigenvalue weighted by Gasteiger charge is 2.37. The molecule has 0 heterocycles. The summed E-state index contributed by atoms with van der Waals surface area (Å²) in [6.07, 6.45) is 2.87. The predicted octanol–water partition coefficient (Wildman–Crippen LogP) is 6.93. The molecule has 0 spiro atoms. The van der Waals surface area contributed by atoms with Crippen LogP contribution in [0, 0.1) is 6.92 Å². The third kappa shape index (κ3) is 10.6. The van der Waals surface area contributed by atoms with E-state index in [0.717, 1.165) is 24.8 Å². The van der Waals surface area contributed by atoms with Crippen LogP contribution in [0.1, 0.15) is 76.1 Å². The minimum absolute atomic E-state index is 0.0709. The Labute approximate surface area is 266 Å². The van der Waals surface area contributed by atoms with Gasteiger partial charge in [0.1, 0.15) is 29.2 Å². The number of phenols is 1. The van der Waals surface area contributed by atoms with Gasteiger partial charge in [0.15, 0.2) is 0 Å². The highest BCUT2D eigenvalue weighted by molar-refractivity contribution is 5.99. The number of nitrogens with zero attached hydrogens (tertiary/aromatic N) is 1. The summed E-state index contributed by atoms with van der Waals surface area (Å²) in [5, 5.41) is 16.9. The third-order valence-electron chi connectivity index (χ3n) is 7.29. The fourth-order valence-corrected chi connectivity index (χ4v) is 5.01. The number of hydrogen-bond acceptors (Lipinski definition) is 6. The van der Waals surface area contributed by atoms with Crippen LogP contribution in [0.3, 0.4) is 0 Å². The second kappa shape index (κ2) is 16.5. The highest BCUT2D eigenvalue weighted by Crippen LogP contribution is 2.34. The molecule has 3 amide bonds. The van der Waals surface area contributed by atoms with E-state index in [4.69, 9.17) is 9.47 Å². The molecule has 242 valence electrons. The van der Waals surface area contributed by atoms with Crippen molar-refractivity contribution in [3.05, 3.63) is 89.5 Å². The van der Waals surface area contributed by atoms with Gasteiger partial charge in [-0.05, 0) is 69.5 Å². The first kappa shape index (κ1) is 35.0. The zero-order chi connectivity index (χ0) is 33.0. The Morgan fingerprint density at radius 1 is 0.911 bits per heavy atom. The maximum absolute atomic E-state index is 14.6. The van der Waals surface area contributed by atoms with Gasteiger partial charge >= 0.3 is 6.09 Å². The maximum atomic E-state index is 14.6. The maximum Gasteiger partial charge on any atom is 0.408 e. The fraction of sp³-hybridized carbons (Fsp3) is 0.417. The number of para-hydroxylation sites is 1. The van der Waals surface area contributed by atoms with Crippen LogP contribution in [-0.4, -0.2) is 53.2 Å². The molecule has 0 saturated heterocycles. The van der Waals surface area contributed by atoms with Crippen molar-refractivity contribution < 1.29 is 29.0 Å². The van der Waals surface area contributed by atoms with E-state index in [2.05, 4.69) is 17.6 Å². The summed E-state index contributed by atoms with van der Waals surface area (Å²) in [5.74, 6) is -0.401. The summed E-state index contributed by atoms with van der Waals surface area (Å²) in [6, 6.07) is 19.1. The van der Waals surface area contributed by atoms with Crippen molar-refractivity contribution in [2.75, 3.05) is 19.0 Å². The van der Waals surface area contributed by atoms with E-state index in [1.165, 1.54) is 4.90 Å². The number of carbonyl (C=O) groups is 3. The second-order valence-electron chi connectivity index (χ2n) is 12.1. The average Bonchev–Trinajstić information content (AvgIpc) is 3.00. The molecule has 2 atom stereocenters. The zero-order valence-electron chi connectivity index (χ0n) is 27.3. The number of amides is 3. The number of phenolic OH excluding ortho intramolecular Hbond substituents is 1. The number of ether oxygens (including phenoxy) is 2. The summed E-state index contributed by atoms with van der Waals surface area (Å²) < 4.78 is 10.8. The minimum Gasteiger partial charge on any atom is -0.507 e. The minimum atomic E-state index is -1.19. The Bertz CT molecular complexity index is 1400. The van der Waals surface area contributed by atoms with Gasteiger partial charge in [0.25, 0.3) is 5.91 Å². The molecular formula is C36H47N3O6. The molecule has 0 saturated carbocycles. The first-order valence-corrected chi connectivity index (χ1v) is 15.5. The number of hydrogen-bond donors (Lipinski definition) is 3. The Hall–Kier alpha value is -4.53. The number of aryl methyl sites for hydroxylation is 1. The number of unbranched alkanes of at least 4 members (excludes halogenated alkanes) is 3. The smallest absolute Gasteiger partial charge is 0.408 e. The number of benzene rings is 3. The molecule has 9 nitrogen and oxygen atoms in total. The van der Waals surface area contributed by atoms with Crippen molar-refractivity contribution >= 4 is 23.6 Å². The topological polar surface area (TPSA) is 117 Å². The van der Waals surface area contributed by atoms with E-state index in [1.807, 2.05) is 30.3 Å². The van der Waals surface area contributed by atoms with Crippen LogP contribution in [0.2, 0.25) is 0 Å². The molecule has 3 N–H and O–H groups in total. The van der Waals surface area contributed by atoms with E-state index < -0.39 is 35.6 Å². The molecule has 3 aromatic rings. The molecule has 2 unspecified atom stereocenters. The molecule has 0 aromatic heterocycles. The van der Waals surface area contributed by atoms with Crippen LogP contribution < -0.4 is 15.4 Å². The van der Waals surface area contributed by atoms with Crippen molar-refractivity contribution in [2.24, 2.45) is 0 Å². The van der Waals surface area contributed by atoms with Gasteiger partial charge in [-0.1, -0.05) is 74.7 Å². The standard InChI is InChI=1S/C36H47N3O6/c1-7-8-9-13-23-39(34(42)30(24-26-16-11-10-12-17-26)38-35(43)45-36(3,4)5)31(29-18-14-15-25(2)32(29)40)33(41)37-27-19-21-28(44-6)22-20-27/h10-12,14-22,30-31,40H,7-9,13,23-24H2,1-6H3,(H,37,41)(H,38,43). The van der Waals surface area contributed by atoms with Gasteiger partial charge in [0.05, 0.1) is 7.11 Å². The molecule has 0 aliphatic heterocycles. The van der Waals surface area contributed by atoms with E-state index in [-0.39, 0.29) is 18.7 Å². The molecule has 0 radical (unpaired) electrons. The second-order valence-corrected chi connectivity index (χ2v) is 12.1. The lowest BCUT2D eigenvalue weighted by atomic mass is 9.97. The van der Waals surface area contributed by atoms with Gasteiger partial charge in [-0.25, -0.2) is 4.79 Å². The van der Waals surface area contributed by atoms with E-state index in [9.17, 15) is 19.5 Å². The largest absolute Gasteiger partial charge is 0.507 e. The van der Waals surface area contributed by atoms with Gasteiger partial charge in [-0.2, -0.15) is 0 Å². The lowest BCUT2D eigenvalue weighted by molar-refractivity contribution is -0.141. The van der Waals surface area contributed by atoms with Crippen molar-refractivity contribution in [1.82, 2.24) is 10.2 Å². The van der Waals surface area contributed by atoms with Gasteiger partial charge in [-0.15, -0.1) is 0 Å². The van der Waals surface area contributed by atoms with Crippen molar-refractivity contribution in [3.63, 3.8) is 0 Å². The number of rotatable bonds is 14. The summed E-state index contributed by atoms with van der Waals surface area (Å²) in [4.78, 5) is 43.3. The number of anilines is 1. The lowest BCUT2D eigenvalue weighted by Gasteiger charge is -2.35. The molecule has 3 aromatic carbocycles. The highest BCUT2D eigenvalue weighted by atomic mass is 16.6. The SMILES string of the molecule is CCCCCCN(C(=O)C(Cc1ccccc1)NC(=O)OC(C)(C)C)C(C(=O)Nc1ccc(OC)cc1)c1cccc(C)c1O. The molecule has 0 fully saturated rings. The average molecular weight is 618 g/mol. The summed E-state index contributed by atoms with van der Waals surface area (Å²) in [5.41, 5.74) is 1.42. The fourth-order valence-electron chi connectivity index (χ4n) is 5.01. The van der Waals surface area contributed by atoms with Crippen LogP contribution in [0.5, 0.6) is 11.5 Å². The molecule has 3 rings (SSSR count). The number of carbonyl (C=O) groups excluding carboxylic acids is 3. The van der Waals surface area contributed by atoms with Crippen LogP contribution >= 0.6 is 0 Å². The lowest BCUT2D eigenvalue weighted by Crippen LogP contribution is -2.53. The molecule has 0 aliphatic rings. The third-order valence-corrected chi connectivity index (χ3v) is 7.29. The van der Waals surface area contributed by atoms with Crippen LogP contribution in [0.4, 0.5) is 10.5 Å². The van der Waals surface area contributed by atoms with Gasteiger partial charge in [0.2, 0.25) is 5.91 Å². The van der Waals surface area contributed by atoms with Crippen molar-refractivity contribution in [3.8, 4) is 11.5 Å². The van der Waals surface area contributed by atoms with Crippen LogP contribution in [0.15, 0.2) is 72.8 Å². The van der Waals surface area contributed by atoms with Gasteiger partial charge in [-0.3, -0.25) is 9.59 Å². The number of nitrogens with one attached hydrogen (secondary N) is 2. The molecule has 9 heteroatoms. The number of alkyl carbamates (subject to hydrolysis) is 1. The first-order valence-electron chi connectivity index (χ1n) is 15.5. The summed E-state index contributed by atoms with van der Waals surface area (Å²) in [6.45, 7) is 9.32. The normalized spacial score (nSPS) is 12.5. The van der Waals surface area contributed by atoms with E-state index >= 15 is 0 Å². The predicted molar refractivity (Wildman–Crippen MR) is 176 cm³/mol. The molecule has 45 heavy (non-hydrogen) atoms. The molecule has 0 aliphatic carbocycles. The number of methoxy groups -OCH3 is 1. The van der Waals surface area contributed by atoms with Gasteiger partial charge in [0, 0.05) is 24.2 Å². The van der Waals surface area contributed by atoms with Crippen LogP contribution in [-0.2, 0) is 20.7 Å². The Morgan fingerprint density at radius 3 is 2.22 bits per heavy atom. The van der Waals surface area contributed by atoms with Gasteiger partial charge < -0.3 is 30.1 Å². The first-order chi connectivity index (χ1) is 21.4. The summed E-state index contributed by atoms with van der Waals surface area (Å²) in [7, 11) is 1.56.